The van der Waals surface area contributed by atoms with E-state index in [-0.39, 0.29) is 0 Å². The van der Waals surface area contributed by atoms with Crippen LogP contribution in [0, 0.1) is 0 Å². The summed E-state index contributed by atoms with van der Waals surface area (Å²) in [5.41, 5.74) is 7.68. The van der Waals surface area contributed by atoms with Gasteiger partial charge in [-0.25, -0.2) is 0 Å². The molecule has 1 heterocycles. The molecule has 0 aromatic heterocycles. The highest BCUT2D eigenvalue weighted by Gasteiger charge is 2.13. The monoisotopic (exact) mass is 192 g/mol. The summed E-state index contributed by atoms with van der Waals surface area (Å²) in [5.74, 6) is 0.773. The number of hydrogen-bond acceptors (Lipinski definition) is 3. The molecule has 1 fully saturated rings. The zero-order valence-corrected chi connectivity index (χ0v) is 8.49. The molecular formula is C11H16N2O. The summed E-state index contributed by atoms with van der Waals surface area (Å²) >= 11 is 0. The first kappa shape index (κ1) is 9.19. The van der Waals surface area contributed by atoms with E-state index >= 15 is 0 Å². The number of benzene rings is 1. The second kappa shape index (κ2) is 3.78. The van der Waals surface area contributed by atoms with E-state index < -0.39 is 0 Å². The highest BCUT2D eigenvalue weighted by Crippen LogP contribution is 2.29. The van der Waals surface area contributed by atoms with Crippen LogP contribution in [0.4, 0.5) is 11.4 Å². The van der Waals surface area contributed by atoms with Gasteiger partial charge in [0.1, 0.15) is 5.75 Å². The van der Waals surface area contributed by atoms with Crippen LogP contribution in [-0.2, 0) is 0 Å². The lowest BCUT2D eigenvalue weighted by atomic mass is 10.2. The van der Waals surface area contributed by atoms with Crippen LogP contribution >= 0.6 is 0 Å². The van der Waals surface area contributed by atoms with Crippen molar-refractivity contribution in [3.05, 3.63) is 18.2 Å². The molecule has 1 aliphatic rings. The van der Waals surface area contributed by atoms with Crippen molar-refractivity contribution in [2.45, 2.75) is 12.8 Å². The quantitative estimate of drug-likeness (QED) is 0.727. The van der Waals surface area contributed by atoms with Crippen LogP contribution in [0.25, 0.3) is 0 Å². The first-order valence-electron chi connectivity index (χ1n) is 5.00. The van der Waals surface area contributed by atoms with Gasteiger partial charge in [0.2, 0.25) is 0 Å². The van der Waals surface area contributed by atoms with E-state index in [1.54, 1.807) is 7.11 Å². The molecule has 1 saturated heterocycles. The molecule has 0 radical (unpaired) electrons. The van der Waals surface area contributed by atoms with Gasteiger partial charge in [0.05, 0.1) is 12.8 Å². The maximum atomic E-state index is 5.76. The van der Waals surface area contributed by atoms with Gasteiger partial charge in [0.25, 0.3) is 0 Å². The van der Waals surface area contributed by atoms with Crippen molar-refractivity contribution < 1.29 is 4.74 Å². The number of methoxy groups -OCH3 is 1. The van der Waals surface area contributed by atoms with Crippen molar-refractivity contribution in [2.75, 3.05) is 30.8 Å². The summed E-state index contributed by atoms with van der Waals surface area (Å²) in [6, 6.07) is 5.98. The third-order valence-corrected chi connectivity index (χ3v) is 2.69. The maximum absolute atomic E-state index is 5.76. The van der Waals surface area contributed by atoms with Crippen LogP contribution in [0.5, 0.6) is 5.75 Å². The molecule has 0 unspecified atom stereocenters. The molecule has 3 heteroatoms. The van der Waals surface area contributed by atoms with Gasteiger partial charge in [-0.05, 0) is 25.0 Å². The highest BCUT2D eigenvalue weighted by atomic mass is 16.5. The van der Waals surface area contributed by atoms with E-state index in [0.29, 0.717) is 5.69 Å². The number of nitrogens with two attached hydrogens (primary N) is 1. The number of hydrogen-bond donors (Lipinski definition) is 1. The lowest BCUT2D eigenvalue weighted by Gasteiger charge is -2.18. The zero-order chi connectivity index (χ0) is 9.97. The van der Waals surface area contributed by atoms with E-state index in [9.17, 15) is 0 Å². The van der Waals surface area contributed by atoms with Crippen molar-refractivity contribution in [2.24, 2.45) is 0 Å². The van der Waals surface area contributed by atoms with Crippen molar-refractivity contribution in [1.82, 2.24) is 0 Å². The molecule has 2 N–H and O–H groups in total. The average Bonchev–Trinajstić information content (AvgIpc) is 2.71. The largest absolute Gasteiger partial charge is 0.495 e. The molecule has 76 valence electrons. The first-order chi connectivity index (χ1) is 6.81. The van der Waals surface area contributed by atoms with Crippen molar-refractivity contribution in [1.29, 1.82) is 0 Å². The normalized spacial score (nSPS) is 15.9. The second-order valence-corrected chi connectivity index (χ2v) is 3.62. The predicted octanol–water partition coefficient (Wildman–Crippen LogP) is 1.88. The smallest absolute Gasteiger partial charge is 0.143 e. The van der Waals surface area contributed by atoms with Crippen LogP contribution in [0.3, 0.4) is 0 Å². The number of anilines is 2. The number of nitrogens with zero attached hydrogens (tertiary/aromatic N) is 1. The van der Waals surface area contributed by atoms with E-state index in [1.165, 1.54) is 18.5 Å². The van der Waals surface area contributed by atoms with Gasteiger partial charge in [0, 0.05) is 24.8 Å². The van der Waals surface area contributed by atoms with Crippen LogP contribution in [-0.4, -0.2) is 20.2 Å². The topological polar surface area (TPSA) is 38.5 Å². The molecule has 14 heavy (non-hydrogen) atoms. The van der Waals surface area contributed by atoms with Gasteiger partial charge < -0.3 is 15.4 Å². The highest BCUT2D eigenvalue weighted by molar-refractivity contribution is 5.62. The minimum Gasteiger partial charge on any atom is -0.495 e. The minimum absolute atomic E-state index is 0.704. The average molecular weight is 192 g/mol. The molecule has 0 aliphatic carbocycles. The molecule has 0 amide bonds. The third kappa shape index (κ3) is 1.62. The maximum Gasteiger partial charge on any atom is 0.143 e. The Balaban J connectivity index is 2.25. The summed E-state index contributed by atoms with van der Waals surface area (Å²) in [7, 11) is 1.65. The van der Waals surface area contributed by atoms with Crippen LogP contribution in [0.2, 0.25) is 0 Å². The SMILES string of the molecule is COc1cc(N2CCCC2)ccc1N. The standard InChI is InChI=1S/C11H16N2O/c1-14-11-8-9(4-5-10(11)12)13-6-2-3-7-13/h4-5,8H,2-3,6-7,12H2,1H3. The Morgan fingerprint density at radius 1 is 1.29 bits per heavy atom. The zero-order valence-electron chi connectivity index (χ0n) is 8.49. The Hall–Kier alpha value is -1.38. The third-order valence-electron chi connectivity index (χ3n) is 2.69. The second-order valence-electron chi connectivity index (χ2n) is 3.62. The molecule has 2 rings (SSSR count). The Kier molecular flexibility index (Phi) is 2.48. The molecule has 0 saturated carbocycles. The van der Waals surface area contributed by atoms with Gasteiger partial charge in [0.15, 0.2) is 0 Å². The Morgan fingerprint density at radius 2 is 2.00 bits per heavy atom. The fraction of sp³-hybridized carbons (Fsp3) is 0.455. The fourth-order valence-electron chi connectivity index (χ4n) is 1.87. The summed E-state index contributed by atoms with van der Waals surface area (Å²) in [5, 5.41) is 0. The number of nitrogen functional groups attached to an aromatic ring is 1. The van der Waals surface area contributed by atoms with Crippen LogP contribution < -0.4 is 15.4 Å². The molecule has 0 spiro atoms. The lowest BCUT2D eigenvalue weighted by Crippen LogP contribution is -2.17. The fourth-order valence-corrected chi connectivity index (χ4v) is 1.87. The predicted molar refractivity (Wildman–Crippen MR) is 58.9 cm³/mol. The Morgan fingerprint density at radius 3 is 2.64 bits per heavy atom. The van der Waals surface area contributed by atoms with Gasteiger partial charge >= 0.3 is 0 Å². The Labute approximate surface area is 84.5 Å². The van der Waals surface area contributed by atoms with E-state index in [0.717, 1.165) is 18.8 Å². The van der Waals surface area contributed by atoms with Gasteiger partial charge in [-0.1, -0.05) is 0 Å². The molecule has 1 aromatic rings. The lowest BCUT2D eigenvalue weighted by molar-refractivity contribution is 0.417. The molecule has 0 atom stereocenters. The summed E-state index contributed by atoms with van der Waals surface area (Å²) in [6.07, 6.45) is 2.57. The molecule has 1 aliphatic heterocycles. The van der Waals surface area contributed by atoms with Crippen molar-refractivity contribution in [3.8, 4) is 5.75 Å². The summed E-state index contributed by atoms with van der Waals surface area (Å²) in [4.78, 5) is 2.36. The molecule has 3 nitrogen and oxygen atoms in total. The summed E-state index contributed by atoms with van der Waals surface area (Å²) < 4.78 is 5.19. The van der Waals surface area contributed by atoms with Gasteiger partial charge in [-0.3, -0.25) is 0 Å². The van der Waals surface area contributed by atoms with Gasteiger partial charge in [-0.2, -0.15) is 0 Å². The number of rotatable bonds is 2. The van der Waals surface area contributed by atoms with Gasteiger partial charge in [-0.15, -0.1) is 0 Å². The van der Waals surface area contributed by atoms with Crippen LogP contribution in [0.15, 0.2) is 18.2 Å². The molecule has 0 bridgehead atoms. The number of ether oxygens (including phenoxy) is 1. The van der Waals surface area contributed by atoms with E-state index in [1.807, 2.05) is 12.1 Å². The summed E-state index contributed by atoms with van der Waals surface area (Å²) in [6.45, 7) is 2.29. The van der Waals surface area contributed by atoms with E-state index in [2.05, 4.69) is 11.0 Å². The first-order valence-corrected chi connectivity index (χ1v) is 5.00. The molecular weight excluding hydrogens is 176 g/mol. The van der Waals surface area contributed by atoms with E-state index in [4.69, 9.17) is 10.5 Å². The Bertz CT molecular complexity index is 319. The van der Waals surface area contributed by atoms with Crippen molar-refractivity contribution in [3.63, 3.8) is 0 Å². The van der Waals surface area contributed by atoms with Crippen molar-refractivity contribution >= 4 is 11.4 Å². The van der Waals surface area contributed by atoms with Crippen LogP contribution in [0.1, 0.15) is 12.8 Å². The minimum atomic E-state index is 0.704. The molecule has 1 aromatic carbocycles.